The van der Waals surface area contributed by atoms with Gasteiger partial charge < -0.3 is 10.2 Å². The van der Waals surface area contributed by atoms with Crippen LogP contribution in [0.5, 0.6) is 0 Å². The Morgan fingerprint density at radius 2 is 2.00 bits per heavy atom. The Bertz CT molecular complexity index is 356. The Balaban J connectivity index is 1.98. The number of hydrogen-bond donors (Lipinski definition) is 1. The molecule has 0 radical (unpaired) electrons. The van der Waals surface area contributed by atoms with Crippen LogP contribution in [0.2, 0.25) is 0 Å². The summed E-state index contributed by atoms with van der Waals surface area (Å²) in [6, 6.07) is 10.3. The minimum Gasteiger partial charge on any atom is -0.370 e. The highest BCUT2D eigenvalue weighted by atomic mass is 15.2. The molecule has 1 aromatic carbocycles. The minimum atomic E-state index is 0.581. The van der Waals surface area contributed by atoms with Gasteiger partial charge in [0.05, 0.1) is 0 Å². The third-order valence-corrected chi connectivity index (χ3v) is 3.70. The summed E-state index contributed by atoms with van der Waals surface area (Å²) in [6.07, 6.45) is 3.72. The van der Waals surface area contributed by atoms with Gasteiger partial charge in [-0.2, -0.15) is 0 Å². The number of piperidine rings is 1. The highest BCUT2D eigenvalue weighted by Crippen LogP contribution is 2.20. The summed E-state index contributed by atoms with van der Waals surface area (Å²) in [5.74, 6) is 0. The van der Waals surface area contributed by atoms with Gasteiger partial charge in [-0.1, -0.05) is 32.9 Å². The lowest BCUT2D eigenvalue weighted by Gasteiger charge is -2.35. The quantitative estimate of drug-likeness (QED) is 0.877. The van der Waals surface area contributed by atoms with E-state index in [9.17, 15) is 0 Å². The molecule has 1 unspecified atom stereocenters. The second-order valence-electron chi connectivity index (χ2n) is 5.63. The number of anilines is 1. The SMILES string of the molecule is CCc1ccc(N2CCCC(NC(C)C)C2)cc1. The van der Waals surface area contributed by atoms with Crippen molar-refractivity contribution in [2.45, 2.75) is 52.1 Å². The zero-order valence-corrected chi connectivity index (χ0v) is 11.9. The molecule has 18 heavy (non-hydrogen) atoms. The van der Waals surface area contributed by atoms with Crippen LogP contribution >= 0.6 is 0 Å². The second-order valence-corrected chi connectivity index (χ2v) is 5.63. The fourth-order valence-electron chi connectivity index (χ4n) is 2.76. The van der Waals surface area contributed by atoms with Gasteiger partial charge in [-0.25, -0.2) is 0 Å². The molecule has 0 saturated carbocycles. The zero-order valence-electron chi connectivity index (χ0n) is 11.9. The predicted octanol–water partition coefficient (Wildman–Crippen LogP) is 3.22. The van der Waals surface area contributed by atoms with Crippen molar-refractivity contribution in [3.63, 3.8) is 0 Å². The number of rotatable bonds is 4. The first-order valence-corrected chi connectivity index (χ1v) is 7.29. The summed E-state index contributed by atoms with van der Waals surface area (Å²) in [5.41, 5.74) is 2.80. The summed E-state index contributed by atoms with van der Waals surface area (Å²) in [4.78, 5) is 2.52. The van der Waals surface area contributed by atoms with Gasteiger partial charge in [-0.15, -0.1) is 0 Å². The van der Waals surface area contributed by atoms with Crippen molar-refractivity contribution in [2.24, 2.45) is 0 Å². The fourth-order valence-corrected chi connectivity index (χ4v) is 2.76. The maximum atomic E-state index is 3.66. The average Bonchev–Trinajstić information content (AvgIpc) is 2.38. The monoisotopic (exact) mass is 246 g/mol. The molecule has 100 valence electrons. The van der Waals surface area contributed by atoms with Crippen molar-refractivity contribution in [1.82, 2.24) is 5.32 Å². The molecule has 2 nitrogen and oxygen atoms in total. The van der Waals surface area contributed by atoms with Gasteiger partial charge in [0.1, 0.15) is 0 Å². The highest BCUT2D eigenvalue weighted by molar-refractivity contribution is 5.48. The number of nitrogens with one attached hydrogen (secondary N) is 1. The van der Waals surface area contributed by atoms with E-state index in [1.165, 1.54) is 30.6 Å². The maximum Gasteiger partial charge on any atom is 0.0366 e. The number of hydrogen-bond acceptors (Lipinski definition) is 2. The van der Waals surface area contributed by atoms with Crippen LogP contribution in [0.3, 0.4) is 0 Å². The highest BCUT2D eigenvalue weighted by Gasteiger charge is 2.20. The van der Waals surface area contributed by atoms with Crippen molar-refractivity contribution in [1.29, 1.82) is 0 Å². The van der Waals surface area contributed by atoms with E-state index in [1.807, 2.05) is 0 Å². The van der Waals surface area contributed by atoms with E-state index < -0.39 is 0 Å². The van der Waals surface area contributed by atoms with Crippen molar-refractivity contribution < 1.29 is 0 Å². The van der Waals surface area contributed by atoms with Crippen LogP contribution in [0.4, 0.5) is 5.69 Å². The van der Waals surface area contributed by atoms with E-state index in [1.54, 1.807) is 0 Å². The van der Waals surface area contributed by atoms with Crippen LogP contribution in [0.1, 0.15) is 39.2 Å². The van der Waals surface area contributed by atoms with E-state index >= 15 is 0 Å². The standard InChI is InChI=1S/C16H26N2/c1-4-14-7-9-16(10-8-14)18-11-5-6-15(12-18)17-13(2)3/h7-10,13,15,17H,4-6,11-12H2,1-3H3. The largest absolute Gasteiger partial charge is 0.370 e. The van der Waals surface area contributed by atoms with Crippen LogP contribution in [-0.2, 0) is 6.42 Å². The molecular formula is C16H26N2. The summed E-state index contributed by atoms with van der Waals surface area (Å²) in [7, 11) is 0. The first-order chi connectivity index (χ1) is 8.69. The molecule has 1 heterocycles. The van der Waals surface area contributed by atoms with Gasteiger partial charge in [0.25, 0.3) is 0 Å². The van der Waals surface area contributed by atoms with E-state index in [2.05, 4.69) is 55.3 Å². The van der Waals surface area contributed by atoms with Crippen LogP contribution < -0.4 is 10.2 Å². The smallest absolute Gasteiger partial charge is 0.0366 e. The van der Waals surface area contributed by atoms with Gasteiger partial charge in [0.2, 0.25) is 0 Å². The van der Waals surface area contributed by atoms with E-state index in [0.29, 0.717) is 12.1 Å². The molecule has 2 rings (SSSR count). The predicted molar refractivity (Wildman–Crippen MR) is 79.3 cm³/mol. The van der Waals surface area contributed by atoms with Crippen molar-refractivity contribution >= 4 is 5.69 Å². The summed E-state index contributed by atoms with van der Waals surface area (Å²) < 4.78 is 0. The normalized spacial score (nSPS) is 20.4. The third kappa shape index (κ3) is 3.49. The molecule has 0 aromatic heterocycles. The molecule has 1 aliphatic heterocycles. The van der Waals surface area contributed by atoms with E-state index in [4.69, 9.17) is 0 Å². The lowest BCUT2D eigenvalue weighted by Crippen LogP contribution is -2.47. The first kappa shape index (κ1) is 13.4. The Morgan fingerprint density at radius 3 is 2.61 bits per heavy atom. The van der Waals surface area contributed by atoms with Crippen LogP contribution in [0.25, 0.3) is 0 Å². The molecule has 1 fully saturated rings. The van der Waals surface area contributed by atoms with Gasteiger partial charge in [0.15, 0.2) is 0 Å². The number of aryl methyl sites for hydroxylation is 1. The van der Waals surface area contributed by atoms with Crippen molar-refractivity contribution in [3.8, 4) is 0 Å². The van der Waals surface area contributed by atoms with Crippen LogP contribution in [0, 0.1) is 0 Å². The lowest BCUT2D eigenvalue weighted by atomic mass is 10.0. The molecule has 0 spiro atoms. The second kappa shape index (κ2) is 6.24. The Kier molecular flexibility index (Phi) is 4.65. The van der Waals surface area contributed by atoms with Gasteiger partial charge in [-0.05, 0) is 37.0 Å². The molecule has 0 bridgehead atoms. The Hall–Kier alpha value is -1.02. The van der Waals surface area contributed by atoms with E-state index in [0.717, 1.165) is 13.0 Å². The molecule has 1 aliphatic rings. The fraction of sp³-hybridized carbons (Fsp3) is 0.625. The Morgan fingerprint density at radius 1 is 1.28 bits per heavy atom. The maximum absolute atomic E-state index is 3.66. The lowest BCUT2D eigenvalue weighted by molar-refractivity contribution is 0.395. The zero-order chi connectivity index (χ0) is 13.0. The minimum absolute atomic E-state index is 0.581. The molecule has 0 amide bonds. The molecule has 1 atom stereocenters. The topological polar surface area (TPSA) is 15.3 Å². The first-order valence-electron chi connectivity index (χ1n) is 7.29. The van der Waals surface area contributed by atoms with Crippen LogP contribution in [0.15, 0.2) is 24.3 Å². The summed E-state index contributed by atoms with van der Waals surface area (Å²) in [6.45, 7) is 9.01. The van der Waals surface area contributed by atoms with Crippen molar-refractivity contribution in [2.75, 3.05) is 18.0 Å². The summed E-state index contributed by atoms with van der Waals surface area (Å²) >= 11 is 0. The van der Waals surface area contributed by atoms with Gasteiger partial charge >= 0.3 is 0 Å². The molecule has 1 N–H and O–H groups in total. The van der Waals surface area contributed by atoms with E-state index in [-0.39, 0.29) is 0 Å². The third-order valence-electron chi connectivity index (χ3n) is 3.70. The molecule has 0 aliphatic carbocycles. The number of nitrogens with zero attached hydrogens (tertiary/aromatic N) is 1. The van der Waals surface area contributed by atoms with Crippen molar-refractivity contribution in [3.05, 3.63) is 29.8 Å². The van der Waals surface area contributed by atoms with Gasteiger partial charge in [-0.3, -0.25) is 0 Å². The average molecular weight is 246 g/mol. The molecular weight excluding hydrogens is 220 g/mol. The number of benzene rings is 1. The van der Waals surface area contributed by atoms with Crippen LogP contribution in [-0.4, -0.2) is 25.2 Å². The van der Waals surface area contributed by atoms with Gasteiger partial charge in [0, 0.05) is 30.9 Å². The molecule has 1 saturated heterocycles. The summed E-state index contributed by atoms with van der Waals surface area (Å²) in [5, 5.41) is 3.66. The molecule has 1 aromatic rings. The molecule has 2 heteroatoms. The Labute approximate surface area is 111 Å².